The Kier molecular flexibility index (Phi) is 5.16. The molecule has 1 unspecified atom stereocenters. The Bertz CT molecular complexity index is 452. The predicted molar refractivity (Wildman–Crippen MR) is 89.0 cm³/mol. The maximum absolute atomic E-state index is 12.4. The van der Waals surface area contributed by atoms with Crippen LogP contribution in [0.5, 0.6) is 0 Å². The maximum Gasteiger partial charge on any atom is 0.312 e. The minimum Gasteiger partial charge on any atom is -0.395 e. The van der Waals surface area contributed by atoms with Crippen LogP contribution in [0, 0.1) is 23.2 Å². The third kappa shape index (κ3) is 3.31. The molecule has 0 aromatic carbocycles. The summed E-state index contributed by atoms with van der Waals surface area (Å²) in [6, 6.07) is -0.00699. The van der Waals surface area contributed by atoms with Gasteiger partial charge in [0.2, 0.25) is 0 Å². The standard InChI is InChI=1S/C18H30N2O4/c1-12(19-16(23)17(24)20(2-4-21)3-5-22)18-9-13-6-14(10-18)8-15(7-13)11-18/h12-15,21-22H,2-11H2,1H3,(H,19,23). The van der Waals surface area contributed by atoms with Gasteiger partial charge in [-0.3, -0.25) is 9.59 Å². The topological polar surface area (TPSA) is 89.9 Å². The average Bonchev–Trinajstić information content (AvgIpc) is 2.52. The monoisotopic (exact) mass is 338 g/mol. The number of aliphatic hydroxyl groups is 2. The molecule has 4 fully saturated rings. The number of amides is 2. The van der Waals surface area contributed by atoms with Crippen LogP contribution < -0.4 is 5.32 Å². The van der Waals surface area contributed by atoms with Crippen molar-refractivity contribution in [1.82, 2.24) is 10.2 Å². The molecular formula is C18H30N2O4. The average molecular weight is 338 g/mol. The fraction of sp³-hybridized carbons (Fsp3) is 0.889. The van der Waals surface area contributed by atoms with Gasteiger partial charge in [0.25, 0.3) is 0 Å². The van der Waals surface area contributed by atoms with Gasteiger partial charge in [-0.2, -0.15) is 0 Å². The molecule has 24 heavy (non-hydrogen) atoms. The lowest BCUT2D eigenvalue weighted by Crippen LogP contribution is -2.57. The number of nitrogens with one attached hydrogen (secondary N) is 1. The first-order valence-electron chi connectivity index (χ1n) is 9.29. The third-order valence-corrected chi connectivity index (χ3v) is 6.57. The van der Waals surface area contributed by atoms with Crippen LogP contribution in [-0.4, -0.2) is 59.3 Å². The maximum atomic E-state index is 12.4. The first kappa shape index (κ1) is 17.7. The minimum atomic E-state index is -0.658. The zero-order chi connectivity index (χ0) is 17.3. The van der Waals surface area contributed by atoms with Crippen molar-refractivity contribution < 1.29 is 19.8 Å². The molecule has 0 aliphatic heterocycles. The summed E-state index contributed by atoms with van der Waals surface area (Å²) in [7, 11) is 0. The highest BCUT2D eigenvalue weighted by molar-refractivity contribution is 6.35. The Balaban J connectivity index is 1.62. The molecule has 0 aromatic rings. The highest BCUT2D eigenvalue weighted by Gasteiger charge is 2.53. The second-order valence-corrected chi connectivity index (χ2v) is 8.21. The van der Waals surface area contributed by atoms with E-state index in [1.54, 1.807) is 0 Å². The lowest BCUT2D eigenvalue weighted by atomic mass is 9.48. The van der Waals surface area contributed by atoms with Gasteiger partial charge in [0.15, 0.2) is 0 Å². The van der Waals surface area contributed by atoms with Gasteiger partial charge in [0.1, 0.15) is 0 Å². The lowest BCUT2D eigenvalue weighted by molar-refractivity contribution is -0.148. The van der Waals surface area contributed by atoms with Crippen LogP contribution in [0.3, 0.4) is 0 Å². The van der Waals surface area contributed by atoms with Crippen molar-refractivity contribution in [2.75, 3.05) is 26.3 Å². The molecule has 4 rings (SSSR count). The van der Waals surface area contributed by atoms with Gasteiger partial charge in [-0.15, -0.1) is 0 Å². The molecule has 6 nitrogen and oxygen atoms in total. The van der Waals surface area contributed by atoms with Gasteiger partial charge in [-0.25, -0.2) is 0 Å². The molecule has 0 heterocycles. The zero-order valence-electron chi connectivity index (χ0n) is 14.5. The van der Waals surface area contributed by atoms with Crippen LogP contribution in [0.25, 0.3) is 0 Å². The largest absolute Gasteiger partial charge is 0.395 e. The number of hydrogen-bond acceptors (Lipinski definition) is 4. The van der Waals surface area contributed by atoms with E-state index in [1.807, 2.05) is 6.92 Å². The molecule has 6 heteroatoms. The van der Waals surface area contributed by atoms with E-state index in [0.717, 1.165) is 17.8 Å². The van der Waals surface area contributed by atoms with Crippen molar-refractivity contribution in [2.45, 2.75) is 51.5 Å². The Morgan fingerprint density at radius 2 is 1.50 bits per heavy atom. The van der Waals surface area contributed by atoms with Crippen LogP contribution >= 0.6 is 0 Å². The Morgan fingerprint density at radius 1 is 1.04 bits per heavy atom. The molecule has 4 bridgehead atoms. The van der Waals surface area contributed by atoms with Crippen LogP contribution in [0.2, 0.25) is 0 Å². The number of aliphatic hydroxyl groups excluding tert-OH is 2. The van der Waals surface area contributed by atoms with E-state index in [0.29, 0.717) is 0 Å². The molecule has 0 saturated heterocycles. The van der Waals surface area contributed by atoms with E-state index in [-0.39, 0.29) is 37.8 Å². The van der Waals surface area contributed by atoms with Gasteiger partial charge >= 0.3 is 11.8 Å². The number of hydrogen-bond donors (Lipinski definition) is 3. The van der Waals surface area contributed by atoms with Crippen LogP contribution in [0.15, 0.2) is 0 Å². The van der Waals surface area contributed by atoms with E-state index in [2.05, 4.69) is 5.32 Å². The first-order chi connectivity index (χ1) is 11.5. The normalized spacial score (nSPS) is 34.9. The summed E-state index contributed by atoms with van der Waals surface area (Å²) in [4.78, 5) is 25.9. The molecule has 1 atom stereocenters. The van der Waals surface area contributed by atoms with Crippen molar-refractivity contribution in [1.29, 1.82) is 0 Å². The molecule has 0 radical (unpaired) electrons. The molecule has 2 amide bonds. The van der Waals surface area contributed by atoms with Crippen LogP contribution in [0.1, 0.15) is 45.4 Å². The molecule has 136 valence electrons. The molecule has 4 aliphatic rings. The van der Waals surface area contributed by atoms with Crippen molar-refractivity contribution in [3.8, 4) is 0 Å². The summed E-state index contributed by atoms with van der Waals surface area (Å²) in [5.74, 6) is 1.12. The summed E-state index contributed by atoms with van der Waals surface area (Å²) in [6.45, 7) is 1.74. The second kappa shape index (κ2) is 7.00. The third-order valence-electron chi connectivity index (χ3n) is 6.57. The van der Waals surface area contributed by atoms with Crippen LogP contribution in [0.4, 0.5) is 0 Å². The number of rotatable bonds is 6. The quantitative estimate of drug-likeness (QED) is 0.616. The molecule has 3 N–H and O–H groups in total. The van der Waals surface area contributed by atoms with Crippen molar-refractivity contribution in [3.05, 3.63) is 0 Å². The Labute approximate surface area is 143 Å². The highest BCUT2D eigenvalue weighted by Crippen LogP contribution is 2.61. The van der Waals surface area contributed by atoms with Crippen molar-refractivity contribution >= 4 is 11.8 Å². The SMILES string of the molecule is CC(NC(=O)C(=O)N(CCO)CCO)C12CC3CC(CC(C3)C1)C2. The first-order valence-corrected chi connectivity index (χ1v) is 9.29. The summed E-state index contributed by atoms with van der Waals surface area (Å²) >= 11 is 0. The number of nitrogens with zero attached hydrogens (tertiary/aromatic N) is 1. The van der Waals surface area contributed by atoms with Gasteiger partial charge < -0.3 is 20.4 Å². The van der Waals surface area contributed by atoms with E-state index < -0.39 is 11.8 Å². The molecule has 4 aliphatic carbocycles. The van der Waals surface area contributed by atoms with E-state index in [4.69, 9.17) is 10.2 Å². The zero-order valence-corrected chi connectivity index (χ0v) is 14.5. The van der Waals surface area contributed by atoms with E-state index in [1.165, 1.54) is 43.4 Å². The van der Waals surface area contributed by atoms with Gasteiger partial charge in [-0.1, -0.05) is 0 Å². The highest BCUT2D eigenvalue weighted by atomic mass is 16.3. The van der Waals surface area contributed by atoms with E-state index >= 15 is 0 Å². The number of carbonyl (C=O) groups excluding carboxylic acids is 2. The van der Waals surface area contributed by atoms with Gasteiger partial charge in [0, 0.05) is 19.1 Å². The van der Waals surface area contributed by atoms with E-state index in [9.17, 15) is 9.59 Å². The Morgan fingerprint density at radius 3 is 1.92 bits per heavy atom. The summed E-state index contributed by atoms with van der Waals surface area (Å²) in [5, 5.41) is 21.0. The fourth-order valence-corrected chi connectivity index (χ4v) is 5.82. The molecule has 0 spiro atoms. The molecule has 4 saturated carbocycles. The fourth-order valence-electron chi connectivity index (χ4n) is 5.82. The summed E-state index contributed by atoms with van der Waals surface area (Å²) in [5.41, 5.74) is 0.156. The van der Waals surface area contributed by atoms with Gasteiger partial charge in [-0.05, 0) is 68.6 Å². The molecule has 0 aromatic heterocycles. The predicted octanol–water partition coefficient (Wildman–Crippen LogP) is 0.521. The van der Waals surface area contributed by atoms with Crippen molar-refractivity contribution in [3.63, 3.8) is 0 Å². The Hall–Kier alpha value is -1.14. The summed E-state index contributed by atoms with van der Waals surface area (Å²) < 4.78 is 0. The number of carbonyl (C=O) groups is 2. The second-order valence-electron chi connectivity index (χ2n) is 8.21. The summed E-state index contributed by atoms with van der Waals surface area (Å²) in [6.07, 6.45) is 7.56. The van der Waals surface area contributed by atoms with Gasteiger partial charge in [0.05, 0.1) is 13.2 Å². The van der Waals surface area contributed by atoms with Crippen molar-refractivity contribution in [2.24, 2.45) is 23.2 Å². The molecular weight excluding hydrogens is 308 g/mol. The lowest BCUT2D eigenvalue weighted by Gasteiger charge is -2.59. The smallest absolute Gasteiger partial charge is 0.312 e. The van der Waals surface area contributed by atoms with Crippen LogP contribution in [-0.2, 0) is 9.59 Å². The minimum absolute atomic E-state index is 0.00699.